The summed E-state index contributed by atoms with van der Waals surface area (Å²) in [7, 11) is 0. The average Bonchev–Trinajstić information content (AvgIpc) is 3.20. The molecule has 0 saturated carbocycles. The summed E-state index contributed by atoms with van der Waals surface area (Å²) in [5.74, 6) is 0. The van der Waals surface area contributed by atoms with E-state index in [9.17, 15) is 0 Å². The van der Waals surface area contributed by atoms with Gasteiger partial charge in [0.2, 0.25) is 0 Å². The van der Waals surface area contributed by atoms with E-state index in [2.05, 4.69) is 80.6 Å². The minimum Gasteiger partial charge on any atom is -0.134 e. The number of hydrogen-bond donors (Lipinski definition) is 0. The quantitative estimate of drug-likeness (QED) is 0.327. The summed E-state index contributed by atoms with van der Waals surface area (Å²) in [6, 6.07) is 27.9. The van der Waals surface area contributed by atoms with Crippen LogP contribution in [0.5, 0.6) is 0 Å². The summed E-state index contributed by atoms with van der Waals surface area (Å²) >= 11 is 8.04. The highest BCUT2D eigenvalue weighted by molar-refractivity contribution is 7.19. The van der Waals surface area contributed by atoms with Crippen LogP contribution < -0.4 is 0 Å². The van der Waals surface area contributed by atoms with E-state index in [4.69, 9.17) is 11.6 Å². The maximum atomic E-state index is 6.15. The Hall–Kier alpha value is -2.35. The van der Waals surface area contributed by atoms with E-state index >= 15 is 0 Å². The normalized spacial score (nSPS) is 14.0. The van der Waals surface area contributed by atoms with Gasteiger partial charge in [-0.3, -0.25) is 0 Å². The van der Waals surface area contributed by atoms with Gasteiger partial charge in [0.25, 0.3) is 0 Å². The molecule has 3 aromatic carbocycles. The van der Waals surface area contributed by atoms with Crippen molar-refractivity contribution in [1.82, 2.24) is 0 Å². The van der Waals surface area contributed by atoms with Gasteiger partial charge in [0.05, 0.1) is 0 Å². The highest BCUT2D eigenvalue weighted by atomic mass is 35.5. The van der Waals surface area contributed by atoms with Crippen molar-refractivity contribution < 1.29 is 0 Å². The fourth-order valence-electron chi connectivity index (χ4n) is 4.26. The van der Waals surface area contributed by atoms with E-state index in [0.29, 0.717) is 0 Å². The molecule has 0 fully saturated rings. The number of halogens is 1. The van der Waals surface area contributed by atoms with Crippen molar-refractivity contribution in [3.8, 4) is 32.0 Å². The molecule has 0 atom stereocenters. The van der Waals surface area contributed by atoms with Crippen LogP contribution in [0.3, 0.4) is 0 Å². The standard InChI is InChI=1S/C25H19ClS/c1-25(2)20-11-7-6-10-19(20)21-22(25)24(16-8-4-3-5-9-16)27-23(21)17-12-14-18(26)15-13-17/h3-15H,1-2H3. The molecule has 0 bridgehead atoms. The Morgan fingerprint density at radius 3 is 2.07 bits per heavy atom. The minimum absolute atomic E-state index is 0.0156. The summed E-state index contributed by atoms with van der Waals surface area (Å²) in [5, 5.41) is 0.774. The first-order chi connectivity index (χ1) is 13.1. The van der Waals surface area contributed by atoms with E-state index in [-0.39, 0.29) is 5.41 Å². The van der Waals surface area contributed by atoms with Crippen LogP contribution >= 0.6 is 22.9 Å². The van der Waals surface area contributed by atoms with Gasteiger partial charge in [-0.15, -0.1) is 11.3 Å². The molecule has 0 nitrogen and oxygen atoms in total. The molecule has 0 saturated heterocycles. The van der Waals surface area contributed by atoms with Crippen LogP contribution in [0.15, 0.2) is 78.9 Å². The third kappa shape index (κ3) is 2.50. The second-order valence-electron chi connectivity index (χ2n) is 7.55. The largest absolute Gasteiger partial charge is 0.134 e. The lowest BCUT2D eigenvalue weighted by Gasteiger charge is -2.22. The van der Waals surface area contributed by atoms with Crippen molar-refractivity contribution >= 4 is 22.9 Å². The van der Waals surface area contributed by atoms with Gasteiger partial charge in [0.15, 0.2) is 0 Å². The van der Waals surface area contributed by atoms with Crippen molar-refractivity contribution in [3.05, 3.63) is 95.0 Å². The fraction of sp³-hybridized carbons (Fsp3) is 0.120. The molecule has 0 N–H and O–H groups in total. The predicted octanol–water partition coefficient (Wildman–Crippen LogP) is 8.04. The molecule has 1 aliphatic carbocycles. The lowest BCUT2D eigenvalue weighted by molar-refractivity contribution is 0.664. The number of hydrogen-bond acceptors (Lipinski definition) is 1. The Morgan fingerprint density at radius 2 is 1.33 bits per heavy atom. The molecular weight excluding hydrogens is 368 g/mol. The highest BCUT2D eigenvalue weighted by Gasteiger charge is 2.40. The lowest BCUT2D eigenvalue weighted by atomic mass is 9.81. The molecule has 132 valence electrons. The molecule has 4 aromatic rings. The molecule has 0 unspecified atom stereocenters. The van der Waals surface area contributed by atoms with E-state index in [1.54, 1.807) is 0 Å². The molecule has 1 heterocycles. The van der Waals surface area contributed by atoms with Gasteiger partial charge in [0, 0.05) is 25.8 Å². The molecule has 0 spiro atoms. The zero-order chi connectivity index (χ0) is 18.6. The van der Waals surface area contributed by atoms with Gasteiger partial charge >= 0.3 is 0 Å². The highest BCUT2D eigenvalue weighted by Crippen LogP contribution is 2.59. The molecule has 5 rings (SSSR count). The maximum Gasteiger partial charge on any atom is 0.0431 e. The Balaban J connectivity index is 1.87. The predicted molar refractivity (Wildman–Crippen MR) is 118 cm³/mol. The van der Waals surface area contributed by atoms with Crippen molar-refractivity contribution in [2.45, 2.75) is 19.3 Å². The van der Waals surface area contributed by atoms with Gasteiger partial charge in [-0.05, 0) is 39.9 Å². The molecular formula is C25H19ClS. The number of fused-ring (bicyclic) bond motifs is 3. The third-order valence-electron chi connectivity index (χ3n) is 5.55. The molecule has 27 heavy (non-hydrogen) atoms. The van der Waals surface area contributed by atoms with Gasteiger partial charge < -0.3 is 0 Å². The second-order valence-corrected chi connectivity index (χ2v) is 9.01. The van der Waals surface area contributed by atoms with Crippen LogP contribution in [-0.2, 0) is 5.41 Å². The monoisotopic (exact) mass is 386 g/mol. The Labute approximate surface area is 169 Å². The van der Waals surface area contributed by atoms with Crippen LogP contribution in [0.25, 0.3) is 32.0 Å². The number of rotatable bonds is 2. The molecule has 0 radical (unpaired) electrons. The number of thiophene rings is 1. The first kappa shape index (κ1) is 16.8. The van der Waals surface area contributed by atoms with Crippen molar-refractivity contribution in [2.24, 2.45) is 0 Å². The molecule has 0 aliphatic heterocycles. The average molecular weight is 387 g/mol. The van der Waals surface area contributed by atoms with Crippen LogP contribution in [-0.4, -0.2) is 0 Å². The summed E-state index contributed by atoms with van der Waals surface area (Å²) in [5.41, 5.74) is 8.12. The first-order valence-electron chi connectivity index (χ1n) is 9.16. The van der Waals surface area contributed by atoms with Crippen LogP contribution in [0, 0.1) is 0 Å². The topological polar surface area (TPSA) is 0 Å². The van der Waals surface area contributed by atoms with Gasteiger partial charge in [-0.1, -0.05) is 92.2 Å². The van der Waals surface area contributed by atoms with Crippen LogP contribution in [0.4, 0.5) is 0 Å². The minimum atomic E-state index is -0.0156. The molecule has 1 aromatic heterocycles. The van der Waals surface area contributed by atoms with Gasteiger partial charge in [-0.25, -0.2) is 0 Å². The summed E-state index contributed by atoms with van der Waals surface area (Å²) in [6.07, 6.45) is 0. The zero-order valence-electron chi connectivity index (χ0n) is 15.3. The molecule has 2 heteroatoms. The van der Waals surface area contributed by atoms with E-state index in [1.165, 1.54) is 43.1 Å². The molecule has 1 aliphatic rings. The third-order valence-corrected chi connectivity index (χ3v) is 7.09. The van der Waals surface area contributed by atoms with Gasteiger partial charge in [-0.2, -0.15) is 0 Å². The van der Waals surface area contributed by atoms with E-state index < -0.39 is 0 Å². The smallest absolute Gasteiger partial charge is 0.0431 e. The lowest BCUT2D eigenvalue weighted by Crippen LogP contribution is -2.15. The molecule has 0 amide bonds. The van der Waals surface area contributed by atoms with Crippen molar-refractivity contribution in [1.29, 1.82) is 0 Å². The van der Waals surface area contributed by atoms with E-state index in [0.717, 1.165) is 5.02 Å². The van der Waals surface area contributed by atoms with E-state index in [1.807, 2.05) is 23.5 Å². The second kappa shape index (κ2) is 6.09. The SMILES string of the molecule is CC1(C)c2ccccc2-c2c(-c3ccc(Cl)cc3)sc(-c3ccccc3)c21. The zero-order valence-corrected chi connectivity index (χ0v) is 16.9. The first-order valence-corrected chi connectivity index (χ1v) is 10.4. The van der Waals surface area contributed by atoms with Crippen molar-refractivity contribution in [3.63, 3.8) is 0 Å². The van der Waals surface area contributed by atoms with Crippen LogP contribution in [0.2, 0.25) is 5.02 Å². The Morgan fingerprint density at radius 1 is 0.704 bits per heavy atom. The van der Waals surface area contributed by atoms with Crippen LogP contribution in [0.1, 0.15) is 25.0 Å². The summed E-state index contributed by atoms with van der Waals surface area (Å²) in [4.78, 5) is 2.70. The summed E-state index contributed by atoms with van der Waals surface area (Å²) < 4.78 is 0. The van der Waals surface area contributed by atoms with Gasteiger partial charge in [0.1, 0.15) is 0 Å². The maximum absolute atomic E-state index is 6.15. The van der Waals surface area contributed by atoms with Crippen molar-refractivity contribution in [2.75, 3.05) is 0 Å². The Kier molecular flexibility index (Phi) is 3.79. The summed E-state index contributed by atoms with van der Waals surface area (Å²) in [6.45, 7) is 4.70. The fourth-order valence-corrected chi connectivity index (χ4v) is 5.87. The number of benzene rings is 3. The Bertz CT molecular complexity index is 1130.